The summed E-state index contributed by atoms with van der Waals surface area (Å²) < 4.78 is 5.30. The Bertz CT molecular complexity index is 323. The molecule has 0 fully saturated rings. The van der Waals surface area contributed by atoms with Crippen LogP contribution in [0.5, 0.6) is 0 Å². The molecule has 1 aromatic rings. The zero-order valence-corrected chi connectivity index (χ0v) is 9.48. The lowest BCUT2D eigenvalue weighted by Gasteiger charge is -2.14. The van der Waals surface area contributed by atoms with E-state index in [1.807, 2.05) is 18.2 Å². The molecule has 0 saturated carbocycles. The number of ether oxygens (including phenoxy) is 1. The molecule has 0 aliphatic rings. The zero-order chi connectivity index (χ0) is 10.6. The van der Waals surface area contributed by atoms with Crippen molar-refractivity contribution < 1.29 is 4.74 Å². The Morgan fingerprint density at radius 1 is 1.43 bits per heavy atom. The molecule has 1 rings (SSSR count). The summed E-state index contributed by atoms with van der Waals surface area (Å²) in [6, 6.07) is 5.50. The summed E-state index contributed by atoms with van der Waals surface area (Å²) in [5.41, 5.74) is 1.02. The van der Waals surface area contributed by atoms with Crippen LogP contribution in [0.3, 0.4) is 0 Å². The van der Waals surface area contributed by atoms with Gasteiger partial charge in [0.1, 0.15) is 0 Å². The molecule has 0 aliphatic heterocycles. The van der Waals surface area contributed by atoms with Crippen LogP contribution in [0.1, 0.15) is 18.1 Å². The molecule has 0 saturated heterocycles. The van der Waals surface area contributed by atoms with Crippen molar-refractivity contribution in [2.75, 3.05) is 7.11 Å². The Labute approximate surface area is 94.3 Å². The molecule has 1 aromatic carbocycles. The van der Waals surface area contributed by atoms with Crippen molar-refractivity contribution in [1.82, 2.24) is 0 Å². The maximum Gasteiger partial charge on any atom is 0.0855 e. The highest BCUT2D eigenvalue weighted by Crippen LogP contribution is 2.28. The third-order valence-electron chi connectivity index (χ3n) is 1.98. The van der Waals surface area contributed by atoms with Gasteiger partial charge in [0.15, 0.2) is 0 Å². The fourth-order valence-electron chi connectivity index (χ4n) is 1.23. The first-order valence-corrected chi connectivity index (χ1v) is 5.03. The van der Waals surface area contributed by atoms with Gasteiger partial charge in [-0.2, -0.15) is 0 Å². The summed E-state index contributed by atoms with van der Waals surface area (Å²) in [5.74, 6) is 0. The minimum absolute atomic E-state index is 0.00210. The third kappa shape index (κ3) is 2.74. The van der Waals surface area contributed by atoms with Crippen molar-refractivity contribution in [3.63, 3.8) is 0 Å². The van der Waals surface area contributed by atoms with Crippen molar-refractivity contribution in [2.24, 2.45) is 0 Å². The Balaban J connectivity index is 2.93. The van der Waals surface area contributed by atoms with E-state index >= 15 is 0 Å². The van der Waals surface area contributed by atoms with Crippen LogP contribution in [0.2, 0.25) is 10.0 Å². The number of methoxy groups -OCH3 is 1. The second-order valence-electron chi connectivity index (χ2n) is 2.92. The van der Waals surface area contributed by atoms with Gasteiger partial charge in [-0.15, -0.1) is 6.58 Å². The minimum atomic E-state index is 0.00210. The SMILES string of the molecule is C=CCC(OC)c1ccc(Cl)c(Cl)c1. The van der Waals surface area contributed by atoms with Crippen LogP contribution in [0.15, 0.2) is 30.9 Å². The van der Waals surface area contributed by atoms with E-state index in [4.69, 9.17) is 27.9 Å². The van der Waals surface area contributed by atoms with E-state index in [0.717, 1.165) is 12.0 Å². The standard InChI is InChI=1S/C11H12Cl2O/c1-3-4-11(14-2)8-5-6-9(12)10(13)7-8/h3,5-7,11H,1,4H2,2H3. The molecule has 0 amide bonds. The molecule has 0 aromatic heterocycles. The number of rotatable bonds is 4. The highest BCUT2D eigenvalue weighted by Gasteiger charge is 2.09. The monoisotopic (exact) mass is 230 g/mol. The highest BCUT2D eigenvalue weighted by molar-refractivity contribution is 6.42. The van der Waals surface area contributed by atoms with Gasteiger partial charge in [-0.1, -0.05) is 35.3 Å². The van der Waals surface area contributed by atoms with Crippen LogP contribution in [-0.4, -0.2) is 7.11 Å². The Kier molecular flexibility index (Phi) is 4.46. The summed E-state index contributed by atoms with van der Waals surface area (Å²) in [5, 5.41) is 1.11. The Hall–Kier alpha value is -0.500. The molecule has 1 nitrogen and oxygen atoms in total. The molecule has 14 heavy (non-hydrogen) atoms. The third-order valence-corrected chi connectivity index (χ3v) is 2.72. The molecule has 3 heteroatoms. The number of hydrogen-bond acceptors (Lipinski definition) is 1. The fourth-order valence-corrected chi connectivity index (χ4v) is 1.54. The topological polar surface area (TPSA) is 9.23 Å². The smallest absolute Gasteiger partial charge is 0.0855 e. The van der Waals surface area contributed by atoms with Crippen LogP contribution in [0.4, 0.5) is 0 Å². The zero-order valence-electron chi connectivity index (χ0n) is 7.97. The molecule has 0 bridgehead atoms. The first kappa shape index (κ1) is 11.6. The van der Waals surface area contributed by atoms with Crippen LogP contribution in [0.25, 0.3) is 0 Å². The lowest BCUT2D eigenvalue weighted by Crippen LogP contribution is -1.99. The molecule has 1 atom stereocenters. The van der Waals surface area contributed by atoms with Crippen molar-refractivity contribution in [3.05, 3.63) is 46.5 Å². The van der Waals surface area contributed by atoms with Crippen molar-refractivity contribution in [1.29, 1.82) is 0 Å². The van der Waals surface area contributed by atoms with Crippen molar-refractivity contribution in [2.45, 2.75) is 12.5 Å². The van der Waals surface area contributed by atoms with Crippen LogP contribution < -0.4 is 0 Å². The summed E-state index contributed by atoms with van der Waals surface area (Å²) in [7, 11) is 1.66. The molecule has 1 unspecified atom stereocenters. The average molecular weight is 231 g/mol. The van der Waals surface area contributed by atoms with Crippen molar-refractivity contribution >= 4 is 23.2 Å². The van der Waals surface area contributed by atoms with E-state index in [1.54, 1.807) is 13.2 Å². The quantitative estimate of drug-likeness (QED) is 0.703. The maximum atomic E-state index is 5.90. The summed E-state index contributed by atoms with van der Waals surface area (Å²) in [6.45, 7) is 3.67. The second kappa shape index (κ2) is 5.40. The maximum absolute atomic E-state index is 5.90. The summed E-state index contributed by atoms with van der Waals surface area (Å²) in [4.78, 5) is 0. The van der Waals surface area contributed by atoms with Crippen molar-refractivity contribution in [3.8, 4) is 0 Å². The first-order valence-electron chi connectivity index (χ1n) is 4.27. The first-order chi connectivity index (χ1) is 6.69. The van der Waals surface area contributed by atoms with Crippen LogP contribution >= 0.6 is 23.2 Å². The number of benzene rings is 1. The van der Waals surface area contributed by atoms with Gasteiger partial charge in [0, 0.05) is 7.11 Å². The largest absolute Gasteiger partial charge is 0.376 e. The molecular formula is C11H12Cl2O. The van der Waals surface area contributed by atoms with E-state index in [2.05, 4.69) is 6.58 Å². The molecule has 0 heterocycles. The Morgan fingerprint density at radius 2 is 2.14 bits per heavy atom. The average Bonchev–Trinajstić information content (AvgIpc) is 2.19. The van der Waals surface area contributed by atoms with Crippen LogP contribution in [0, 0.1) is 0 Å². The highest BCUT2D eigenvalue weighted by atomic mass is 35.5. The molecule has 76 valence electrons. The van der Waals surface area contributed by atoms with Gasteiger partial charge in [-0.25, -0.2) is 0 Å². The van der Waals surface area contributed by atoms with E-state index in [9.17, 15) is 0 Å². The van der Waals surface area contributed by atoms with Crippen LogP contribution in [-0.2, 0) is 4.74 Å². The van der Waals surface area contributed by atoms with Gasteiger partial charge >= 0.3 is 0 Å². The second-order valence-corrected chi connectivity index (χ2v) is 3.74. The van der Waals surface area contributed by atoms with Gasteiger partial charge in [0.2, 0.25) is 0 Å². The molecule has 0 radical (unpaired) electrons. The van der Waals surface area contributed by atoms with E-state index in [0.29, 0.717) is 10.0 Å². The molecule has 0 spiro atoms. The molecular weight excluding hydrogens is 219 g/mol. The summed E-state index contributed by atoms with van der Waals surface area (Å²) >= 11 is 11.7. The van der Waals surface area contributed by atoms with Gasteiger partial charge in [0.25, 0.3) is 0 Å². The van der Waals surface area contributed by atoms with Gasteiger partial charge in [-0.05, 0) is 24.1 Å². The Morgan fingerprint density at radius 3 is 2.64 bits per heavy atom. The van der Waals surface area contributed by atoms with E-state index in [1.165, 1.54) is 0 Å². The van der Waals surface area contributed by atoms with E-state index in [-0.39, 0.29) is 6.10 Å². The lowest BCUT2D eigenvalue weighted by atomic mass is 10.1. The van der Waals surface area contributed by atoms with Gasteiger partial charge in [0.05, 0.1) is 16.1 Å². The van der Waals surface area contributed by atoms with E-state index < -0.39 is 0 Å². The molecule has 0 N–H and O–H groups in total. The lowest BCUT2D eigenvalue weighted by molar-refractivity contribution is 0.106. The van der Waals surface area contributed by atoms with Gasteiger partial charge < -0.3 is 4.74 Å². The predicted octanol–water partition coefficient (Wildman–Crippen LogP) is 4.26. The normalized spacial score (nSPS) is 12.5. The summed E-state index contributed by atoms with van der Waals surface area (Å²) in [6.07, 6.45) is 2.58. The fraction of sp³-hybridized carbons (Fsp3) is 0.273. The van der Waals surface area contributed by atoms with Gasteiger partial charge in [-0.3, -0.25) is 0 Å². The molecule has 0 aliphatic carbocycles. The predicted molar refractivity (Wildman–Crippen MR) is 61.0 cm³/mol. The number of hydrogen-bond donors (Lipinski definition) is 0. The minimum Gasteiger partial charge on any atom is -0.376 e. The number of halogens is 2.